The maximum absolute atomic E-state index is 10.2. The van der Waals surface area contributed by atoms with Gasteiger partial charge in [0.25, 0.3) is 0 Å². The van der Waals surface area contributed by atoms with Gasteiger partial charge in [-0.3, -0.25) is 0 Å². The van der Waals surface area contributed by atoms with Crippen LogP contribution in [0.25, 0.3) is 0 Å². The average molecular weight is 421 g/mol. The van der Waals surface area contributed by atoms with Crippen molar-refractivity contribution in [3.8, 4) is 5.75 Å². The summed E-state index contributed by atoms with van der Waals surface area (Å²) in [6, 6.07) is 5.77. The highest BCUT2D eigenvalue weighted by Crippen LogP contribution is 2.28. The standard InChI is InChI=1S/C16H23Br2NO2/c1-11-5-12(2)8-19(7-11)9-14(20)10-21-16-4-3-13(17)6-15(16)18/h3-4,6,11-12,14,20H,5,7-10H2,1-2H3/t11-,12-,14-/m0/s1. The van der Waals surface area contributed by atoms with E-state index in [1.165, 1.54) is 6.42 Å². The van der Waals surface area contributed by atoms with E-state index in [4.69, 9.17) is 4.74 Å². The molecule has 0 bridgehead atoms. The molecule has 1 aliphatic rings. The highest BCUT2D eigenvalue weighted by Gasteiger charge is 2.23. The number of nitrogens with zero attached hydrogens (tertiary/aromatic N) is 1. The Kier molecular flexibility index (Phi) is 6.53. The second-order valence-electron chi connectivity index (χ2n) is 6.20. The van der Waals surface area contributed by atoms with Crippen LogP contribution < -0.4 is 4.74 Å². The molecule has 1 heterocycles. The molecule has 0 spiro atoms. The van der Waals surface area contributed by atoms with Gasteiger partial charge >= 0.3 is 0 Å². The summed E-state index contributed by atoms with van der Waals surface area (Å²) < 4.78 is 7.60. The highest BCUT2D eigenvalue weighted by molar-refractivity contribution is 9.11. The van der Waals surface area contributed by atoms with E-state index in [2.05, 4.69) is 50.6 Å². The fraction of sp³-hybridized carbons (Fsp3) is 0.625. The van der Waals surface area contributed by atoms with Crippen molar-refractivity contribution in [3.63, 3.8) is 0 Å². The maximum atomic E-state index is 10.2. The van der Waals surface area contributed by atoms with E-state index < -0.39 is 6.10 Å². The Morgan fingerprint density at radius 2 is 1.95 bits per heavy atom. The first kappa shape index (κ1) is 17.3. The number of rotatable bonds is 5. The SMILES string of the molecule is C[C@H]1C[C@H](C)CN(C[C@H](O)COc2ccc(Br)cc2Br)C1. The first-order valence-electron chi connectivity index (χ1n) is 7.42. The summed E-state index contributed by atoms with van der Waals surface area (Å²) in [6.07, 6.45) is 0.827. The van der Waals surface area contributed by atoms with Crippen LogP contribution in [-0.4, -0.2) is 42.4 Å². The van der Waals surface area contributed by atoms with E-state index in [-0.39, 0.29) is 0 Å². The van der Waals surface area contributed by atoms with Crippen LogP contribution in [0.1, 0.15) is 20.3 Å². The van der Waals surface area contributed by atoms with Gasteiger partial charge < -0.3 is 14.7 Å². The largest absolute Gasteiger partial charge is 0.490 e. The summed E-state index contributed by atoms with van der Waals surface area (Å²) >= 11 is 6.88. The van der Waals surface area contributed by atoms with E-state index in [1.807, 2.05) is 18.2 Å². The fourth-order valence-electron chi connectivity index (χ4n) is 3.07. The highest BCUT2D eigenvalue weighted by atomic mass is 79.9. The third kappa shape index (κ3) is 5.55. The Morgan fingerprint density at radius 1 is 1.29 bits per heavy atom. The zero-order chi connectivity index (χ0) is 15.4. The van der Waals surface area contributed by atoms with Gasteiger partial charge in [0.05, 0.1) is 4.47 Å². The number of piperidine rings is 1. The number of halogens is 2. The van der Waals surface area contributed by atoms with Gasteiger partial charge in [-0.1, -0.05) is 29.8 Å². The molecular weight excluding hydrogens is 398 g/mol. The molecule has 0 aliphatic carbocycles. The van der Waals surface area contributed by atoms with Crippen molar-refractivity contribution in [2.45, 2.75) is 26.4 Å². The molecule has 1 saturated heterocycles. The molecule has 3 atom stereocenters. The number of benzene rings is 1. The van der Waals surface area contributed by atoms with E-state index in [0.29, 0.717) is 25.0 Å². The average Bonchev–Trinajstić information content (AvgIpc) is 2.36. The van der Waals surface area contributed by atoms with E-state index >= 15 is 0 Å². The van der Waals surface area contributed by atoms with E-state index in [1.54, 1.807) is 0 Å². The van der Waals surface area contributed by atoms with Crippen LogP contribution in [0.3, 0.4) is 0 Å². The molecule has 0 unspecified atom stereocenters. The predicted octanol–water partition coefficient (Wildman–Crippen LogP) is 3.93. The Labute approximate surface area is 143 Å². The summed E-state index contributed by atoms with van der Waals surface area (Å²) in [5.74, 6) is 2.18. The minimum absolute atomic E-state index is 0.319. The quantitative estimate of drug-likeness (QED) is 0.783. The number of aliphatic hydroxyl groups excluding tert-OH is 1. The van der Waals surface area contributed by atoms with Crippen molar-refractivity contribution >= 4 is 31.9 Å². The second kappa shape index (κ2) is 7.95. The van der Waals surface area contributed by atoms with Crippen molar-refractivity contribution in [1.29, 1.82) is 0 Å². The molecule has 21 heavy (non-hydrogen) atoms. The van der Waals surface area contributed by atoms with Crippen LogP contribution in [0.15, 0.2) is 27.1 Å². The number of likely N-dealkylation sites (tertiary alicyclic amines) is 1. The summed E-state index contributed by atoms with van der Waals surface area (Å²) in [5, 5.41) is 10.2. The zero-order valence-corrected chi connectivity index (χ0v) is 15.7. The smallest absolute Gasteiger partial charge is 0.133 e. The van der Waals surface area contributed by atoms with Gasteiger partial charge in [-0.05, 0) is 52.4 Å². The molecule has 118 valence electrons. The number of β-amino-alcohol motifs (C(OH)–C–C–N with tert-alkyl or cyclic N) is 1. The lowest BCUT2D eigenvalue weighted by molar-refractivity contribution is 0.0427. The number of hydrogen-bond donors (Lipinski definition) is 1. The molecule has 1 aromatic carbocycles. The summed E-state index contributed by atoms with van der Waals surface area (Å²) in [4.78, 5) is 2.35. The summed E-state index contributed by atoms with van der Waals surface area (Å²) in [6.45, 7) is 7.71. The molecule has 0 aromatic heterocycles. The third-order valence-corrected chi connectivity index (χ3v) is 4.85. The molecule has 1 fully saturated rings. The lowest BCUT2D eigenvalue weighted by atomic mass is 9.92. The Morgan fingerprint density at radius 3 is 2.57 bits per heavy atom. The van der Waals surface area contributed by atoms with Crippen LogP contribution in [0.4, 0.5) is 0 Å². The molecule has 1 N–H and O–H groups in total. The van der Waals surface area contributed by atoms with Crippen molar-refractivity contribution in [1.82, 2.24) is 4.90 Å². The van der Waals surface area contributed by atoms with Crippen LogP contribution in [-0.2, 0) is 0 Å². The molecule has 2 rings (SSSR count). The molecule has 1 aliphatic heterocycles. The molecule has 0 radical (unpaired) electrons. The first-order chi connectivity index (χ1) is 9.94. The van der Waals surface area contributed by atoms with Gasteiger partial charge in [0.1, 0.15) is 18.5 Å². The molecule has 3 nitrogen and oxygen atoms in total. The Bertz CT molecular complexity index is 460. The van der Waals surface area contributed by atoms with Crippen molar-refractivity contribution < 1.29 is 9.84 Å². The van der Waals surface area contributed by atoms with Gasteiger partial charge in [-0.2, -0.15) is 0 Å². The number of aliphatic hydroxyl groups is 1. The van der Waals surface area contributed by atoms with Crippen LogP contribution >= 0.6 is 31.9 Å². The van der Waals surface area contributed by atoms with Gasteiger partial charge in [0.15, 0.2) is 0 Å². The second-order valence-corrected chi connectivity index (χ2v) is 7.97. The molecule has 0 amide bonds. The van der Waals surface area contributed by atoms with Gasteiger partial charge in [-0.25, -0.2) is 0 Å². The lowest BCUT2D eigenvalue weighted by Gasteiger charge is -2.35. The molecular formula is C16H23Br2NO2. The zero-order valence-electron chi connectivity index (χ0n) is 12.6. The van der Waals surface area contributed by atoms with Crippen molar-refractivity contribution in [2.24, 2.45) is 11.8 Å². The topological polar surface area (TPSA) is 32.7 Å². The fourth-order valence-corrected chi connectivity index (χ4v) is 4.23. The molecule has 5 heteroatoms. The normalized spacial score (nSPS) is 24.8. The minimum Gasteiger partial charge on any atom is -0.490 e. The van der Waals surface area contributed by atoms with Gasteiger partial charge in [-0.15, -0.1) is 0 Å². The lowest BCUT2D eigenvalue weighted by Crippen LogP contribution is -2.44. The van der Waals surface area contributed by atoms with E-state index in [0.717, 1.165) is 27.8 Å². The van der Waals surface area contributed by atoms with Crippen molar-refractivity contribution in [3.05, 3.63) is 27.1 Å². The maximum Gasteiger partial charge on any atom is 0.133 e. The molecule has 1 aromatic rings. The molecule has 0 saturated carbocycles. The number of ether oxygens (including phenoxy) is 1. The predicted molar refractivity (Wildman–Crippen MR) is 92.7 cm³/mol. The Hall–Kier alpha value is -0.100. The summed E-state index contributed by atoms with van der Waals surface area (Å²) in [5.41, 5.74) is 0. The van der Waals surface area contributed by atoms with Crippen LogP contribution in [0.5, 0.6) is 5.75 Å². The first-order valence-corrected chi connectivity index (χ1v) is 9.01. The number of hydrogen-bond acceptors (Lipinski definition) is 3. The Balaban J connectivity index is 1.80. The van der Waals surface area contributed by atoms with Gasteiger partial charge in [0.2, 0.25) is 0 Å². The third-order valence-electron chi connectivity index (χ3n) is 3.74. The van der Waals surface area contributed by atoms with Crippen LogP contribution in [0, 0.1) is 11.8 Å². The van der Waals surface area contributed by atoms with E-state index in [9.17, 15) is 5.11 Å². The van der Waals surface area contributed by atoms with Gasteiger partial charge in [0, 0.05) is 24.1 Å². The minimum atomic E-state index is -0.460. The van der Waals surface area contributed by atoms with Crippen LogP contribution in [0.2, 0.25) is 0 Å². The monoisotopic (exact) mass is 419 g/mol. The van der Waals surface area contributed by atoms with Crippen molar-refractivity contribution in [2.75, 3.05) is 26.2 Å². The summed E-state index contributed by atoms with van der Waals surface area (Å²) in [7, 11) is 0.